The fourth-order valence-electron chi connectivity index (χ4n) is 3.18. The second-order valence-electron chi connectivity index (χ2n) is 6.33. The van der Waals surface area contributed by atoms with Gasteiger partial charge in [-0.2, -0.15) is 0 Å². The van der Waals surface area contributed by atoms with Gasteiger partial charge in [0.2, 0.25) is 5.91 Å². The Hall–Kier alpha value is -1.87. The summed E-state index contributed by atoms with van der Waals surface area (Å²) >= 11 is 0. The molecule has 1 fully saturated rings. The molecule has 0 aliphatic carbocycles. The minimum Gasteiger partial charge on any atom is -0.341 e. The molecule has 3 rings (SSSR count). The van der Waals surface area contributed by atoms with E-state index in [1.54, 1.807) is 0 Å². The van der Waals surface area contributed by atoms with E-state index < -0.39 is 0 Å². The van der Waals surface area contributed by atoms with Crippen LogP contribution in [0.25, 0.3) is 10.8 Å². The van der Waals surface area contributed by atoms with E-state index >= 15 is 0 Å². The maximum absolute atomic E-state index is 12.3. The molecule has 3 nitrogen and oxygen atoms in total. The third-order valence-corrected chi connectivity index (χ3v) is 4.59. The number of hydrogen-bond acceptors (Lipinski definition) is 2. The summed E-state index contributed by atoms with van der Waals surface area (Å²) in [5.41, 5.74) is 1.19. The van der Waals surface area contributed by atoms with Crippen LogP contribution in [0.2, 0.25) is 0 Å². The van der Waals surface area contributed by atoms with Crippen molar-refractivity contribution < 1.29 is 4.79 Å². The molecule has 1 aliphatic heterocycles. The van der Waals surface area contributed by atoms with Gasteiger partial charge in [0.25, 0.3) is 0 Å². The Kier molecular flexibility index (Phi) is 4.74. The van der Waals surface area contributed by atoms with Crippen molar-refractivity contribution in [2.24, 2.45) is 5.92 Å². The van der Waals surface area contributed by atoms with Crippen LogP contribution in [-0.4, -0.2) is 30.9 Å². The third kappa shape index (κ3) is 3.66. The van der Waals surface area contributed by atoms with Gasteiger partial charge in [-0.3, -0.25) is 4.79 Å². The highest BCUT2D eigenvalue weighted by Gasteiger charge is 2.17. The summed E-state index contributed by atoms with van der Waals surface area (Å²) in [6.07, 6.45) is 2.88. The number of carbonyl (C=O) groups is 1. The van der Waals surface area contributed by atoms with Crippen molar-refractivity contribution in [1.82, 2.24) is 10.2 Å². The second kappa shape index (κ2) is 6.93. The lowest BCUT2D eigenvalue weighted by atomic mass is 10.0. The van der Waals surface area contributed by atoms with Crippen molar-refractivity contribution in [3.05, 3.63) is 48.0 Å². The molecule has 0 saturated carbocycles. The summed E-state index contributed by atoms with van der Waals surface area (Å²) in [5.74, 6) is 0.929. The molecule has 0 spiro atoms. The molecule has 1 atom stereocenters. The number of hydrogen-bond donors (Lipinski definition) is 1. The van der Waals surface area contributed by atoms with Crippen molar-refractivity contribution in [1.29, 1.82) is 0 Å². The zero-order chi connectivity index (χ0) is 15.4. The van der Waals surface area contributed by atoms with E-state index in [1.165, 1.54) is 22.8 Å². The first kappa shape index (κ1) is 15.0. The summed E-state index contributed by atoms with van der Waals surface area (Å²) in [4.78, 5) is 14.1. The molecule has 1 saturated heterocycles. The standard InChI is InChI=1S/C19H24N2O/c1-21(19(22)9-7-15-10-11-20-13-15)14-16-6-8-17-4-2-3-5-18(17)12-16/h2-6,8,12,15,20H,7,9-11,13-14H2,1H3. The number of benzene rings is 2. The molecule has 1 aliphatic rings. The van der Waals surface area contributed by atoms with Gasteiger partial charge in [0.05, 0.1) is 0 Å². The summed E-state index contributed by atoms with van der Waals surface area (Å²) in [5, 5.41) is 5.84. The van der Waals surface area contributed by atoms with Crippen LogP contribution in [0.1, 0.15) is 24.8 Å². The number of nitrogens with one attached hydrogen (secondary N) is 1. The Morgan fingerprint density at radius 2 is 2.05 bits per heavy atom. The maximum Gasteiger partial charge on any atom is 0.222 e. The van der Waals surface area contributed by atoms with Crippen molar-refractivity contribution in [2.75, 3.05) is 20.1 Å². The van der Waals surface area contributed by atoms with E-state index in [2.05, 4.69) is 47.8 Å². The Morgan fingerprint density at radius 3 is 2.82 bits per heavy atom. The van der Waals surface area contributed by atoms with Crippen LogP contribution in [0, 0.1) is 5.92 Å². The molecular weight excluding hydrogens is 272 g/mol. The van der Waals surface area contributed by atoms with E-state index in [-0.39, 0.29) is 5.91 Å². The summed E-state index contributed by atoms with van der Waals surface area (Å²) in [6.45, 7) is 2.86. The van der Waals surface area contributed by atoms with Crippen molar-refractivity contribution in [2.45, 2.75) is 25.8 Å². The predicted octanol–water partition coefficient (Wildman–Crippen LogP) is 3.19. The first-order chi connectivity index (χ1) is 10.7. The lowest BCUT2D eigenvalue weighted by Crippen LogP contribution is -2.26. The van der Waals surface area contributed by atoms with Gasteiger partial charge in [-0.25, -0.2) is 0 Å². The number of fused-ring (bicyclic) bond motifs is 1. The largest absolute Gasteiger partial charge is 0.341 e. The van der Waals surface area contributed by atoms with Crippen LogP contribution in [0.15, 0.2) is 42.5 Å². The number of rotatable bonds is 5. The molecule has 22 heavy (non-hydrogen) atoms. The fourth-order valence-corrected chi connectivity index (χ4v) is 3.18. The average molecular weight is 296 g/mol. The molecule has 116 valence electrons. The Labute approximate surface area is 132 Å². The molecule has 1 unspecified atom stereocenters. The van der Waals surface area contributed by atoms with Gasteiger partial charge in [-0.15, -0.1) is 0 Å². The molecule has 0 radical (unpaired) electrons. The topological polar surface area (TPSA) is 32.3 Å². The fraction of sp³-hybridized carbons (Fsp3) is 0.421. The van der Waals surface area contributed by atoms with Gasteiger partial charge in [0.15, 0.2) is 0 Å². The first-order valence-electron chi connectivity index (χ1n) is 8.15. The predicted molar refractivity (Wildman–Crippen MR) is 90.6 cm³/mol. The molecule has 1 heterocycles. The number of amides is 1. The molecule has 0 bridgehead atoms. The summed E-state index contributed by atoms with van der Waals surface area (Å²) in [6, 6.07) is 14.8. The van der Waals surface area contributed by atoms with E-state index in [0.29, 0.717) is 18.9 Å². The van der Waals surface area contributed by atoms with Crippen molar-refractivity contribution in [3.63, 3.8) is 0 Å². The SMILES string of the molecule is CN(Cc1ccc2ccccc2c1)C(=O)CCC1CCNC1. The van der Waals surface area contributed by atoms with Crippen molar-refractivity contribution >= 4 is 16.7 Å². The average Bonchev–Trinajstić information content (AvgIpc) is 3.06. The van der Waals surface area contributed by atoms with Crippen LogP contribution in [0.3, 0.4) is 0 Å². The highest BCUT2D eigenvalue weighted by atomic mass is 16.2. The molecule has 2 aromatic rings. The van der Waals surface area contributed by atoms with E-state index in [0.717, 1.165) is 19.5 Å². The van der Waals surface area contributed by atoms with Gasteiger partial charge < -0.3 is 10.2 Å². The van der Waals surface area contributed by atoms with E-state index in [1.807, 2.05) is 11.9 Å². The van der Waals surface area contributed by atoms with Crippen LogP contribution in [0.4, 0.5) is 0 Å². The summed E-state index contributed by atoms with van der Waals surface area (Å²) < 4.78 is 0. The molecule has 1 amide bonds. The smallest absolute Gasteiger partial charge is 0.222 e. The van der Waals surface area contributed by atoms with Crippen LogP contribution < -0.4 is 5.32 Å². The van der Waals surface area contributed by atoms with Crippen LogP contribution in [0.5, 0.6) is 0 Å². The Morgan fingerprint density at radius 1 is 1.23 bits per heavy atom. The molecule has 2 aromatic carbocycles. The van der Waals surface area contributed by atoms with Crippen molar-refractivity contribution in [3.8, 4) is 0 Å². The lowest BCUT2D eigenvalue weighted by molar-refractivity contribution is -0.130. The second-order valence-corrected chi connectivity index (χ2v) is 6.33. The molecular formula is C19H24N2O. The number of carbonyl (C=O) groups excluding carboxylic acids is 1. The minimum atomic E-state index is 0.250. The van der Waals surface area contributed by atoms with Crippen LogP contribution in [-0.2, 0) is 11.3 Å². The Bertz CT molecular complexity index is 647. The third-order valence-electron chi connectivity index (χ3n) is 4.59. The van der Waals surface area contributed by atoms with Gasteiger partial charge in [-0.1, -0.05) is 36.4 Å². The van der Waals surface area contributed by atoms with Gasteiger partial charge in [0, 0.05) is 20.0 Å². The van der Waals surface area contributed by atoms with Gasteiger partial charge in [0.1, 0.15) is 0 Å². The molecule has 3 heteroatoms. The monoisotopic (exact) mass is 296 g/mol. The zero-order valence-corrected chi connectivity index (χ0v) is 13.2. The summed E-state index contributed by atoms with van der Waals surface area (Å²) in [7, 11) is 1.91. The van der Waals surface area contributed by atoms with E-state index in [9.17, 15) is 4.79 Å². The van der Waals surface area contributed by atoms with Crippen LogP contribution >= 0.6 is 0 Å². The first-order valence-corrected chi connectivity index (χ1v) is 8.15. The quantitative estimate of drug-likeness (QED) is 0.919. The van der Waals surface area contributed by atoms with Gasteiger partial charge >= 0.3 is 0 Å². The Balaban J connectivity index is 1.57. The highest BCUT2D eigenvalue weighted by molar-refractivity contribution is 5.83. The van der Waals surface area contributed by atoms with E-state index in [4.69, 9.17) is 0 Å². The maximum atomic E-state index is 12.3. The van der Waals surface area contributed by atoms with Gasteiger partial charge in [-0.05, 0) is 54.3 Å². The highest BCUT2D eigenvalue weighted by Crippen LogP contribution is 2.18. The lowest BCUT2D eigenvalue weighted by Gasteiger charge is -2.18. The minimum absolute atomic E-state index is 0.250. The normalized spacial score (nSPS) is 17.8. The number of nitrogens with zero attached hydrogens (tertiary/aromatic N) is 1. The zero-order valence-electron chi connectivity index (χ0n) is 13.2. The molecule has 0 aromatic heterocycles. The molecule has 1 N–H and O–H groups in total.